The Kier molecular flexibility index (Phi) is 4.70. The summed E-state index contributed by atoms with van der Waals surface area (Å²) in [5, 5.41) is 15.6. The molecule has 0 spiro atoms. The maximum Gasteiger partial charge on any atom is 0.165 e. The van der Waals surface area contributed by atoms with Crippen molar-refractivity contribution >= 4 is 0 Å². The first-order valence-electron chi connectivity index (χ1n) is 8.55. The summed E-state index contributed by atoms with van der Waals surface area (Å²) >= 11 is 0. The lowest BCUT2D eigenvalue weighted by molar-refractivity contribution is 0.469. The Morgan fingerprint density at radius 2 is 1.83 bits per heavy atom. The summed E-state index contributed by atoms with van der Waals surface area (Å²) in [6.07, 6.45) is 2.89. The lowest BCUT2D eigenvalue weighted by atomic mass is 10.1. The maximum absolute atomic E-state index is 10.8. The molecule has 3 rings (SSSR count). The number of benzene rings is 2. The molecule has 0 radical (unpaired) electrons. The molecule has 0 atom stereocenters. The molecule has 0 bridgehead atoms. The molecule has 1 heterocycles. The number of hydrogen-bond acceptors (Lipinski definition) is 2. The molecule has 0 saturated heterocycles. The van der Waals surface area contributed by atoms with Crippen molar-refractivity contribution in [3.05, 3.63) is 65.4 Å². The molecule has 3 heteroatoms. The highest BCUT2D eigenvalue weighted by atomic mass is 16.3. The third-order valence-corrected chi connectivity index (χ3v) is 4.33. The van der Waals surface area contributed by atoms with Crippen LogP contribution >= 0.6 is 0 Å². The Morgan fingerprint density at radius 3 is 2.54 bits per heavy atom. The van der Waals surface area contributed by atoms with E-state index in [1.807, 2.05) is 35.0 Å². The highest BCUT2D eigenvalue weighted by Crippen LogP contribution is 2.36. The second-order valence-corrected chi connectivity index (χ2v) is 6.32. The van der Waals surface area contributed by atoms with E-state index in [9.17, 15) is 5.11 Å². The van der Waals surface area contributed by atoms with E-state index < -0.39 is 0 Å². The van der Waals surface area contributed by atoms with E-state index >= 15 is 0 Å². The van der Waals surface area contributed by atoms with Gasteiger partial charge in [0.1, 0.15) is 11.4 Å². The molecular weight excluding hydrogens is 296 g/mol. The van der Waals surface area contributed by atoms with Gasteiger partial charge in [-0.25, -0.2) is 4.68 Å². The van der Waals surface area contributed by atoms with E-state index in [0.29, 0.717) is 5.75 Å². The van der Waals surface area contributed by atoms with Crippen molar-refractivity contribution in [1.82, 2.24) is 9.78 Å². The Bertz CT molecular complexity index is 849. The van der Waals surface area contributed by atoms with Crippen molar-refractivity contribution in [2.45, 2.75) is 40.0 Å². The van der Waals surface area contributed by atoms with Gasteiger partial charge in [0.15, 0.2) is 5.75 Å². The predicted molar refractivity (Wildman–Crippen MR) is 98.8 cm³/mol. The van der Waals surface area contributed by atoms with Crippen LogP contribution in [0.5, 0.6) is 5.75 Å². The lowest BCUT2D eigenvalue weighted by Gasteiger charge is -2.11. The quantitative estimate of drug-likeness (QED) is 0.701. The molecule has 1 N–H and O–H groups in total. The molecule has 0 fully saturated rings. The molecule has 2 aromatic carbocycles. The fourth-order valence-electron chi connectivity index (χ4n) is 2.99. The van der Waals surface area contributed by atoms with Crippen molar-refractivity contribution in [2.24, 2.45) is 0 Å². The van der Waals surface area contributed by atoms with Crippen LogP contribution in [0.4, 0.5) is 0 Å². The van der Waals surface area contributed by atoms with Gasteiger partial charge in [0, 0.05) is 5.56 Å². The van der Waals surface area contributed by atoms with Crippen molar-refractivity contribution in [3.63, 3.8) is 0 Å². The molecule has 124 valence electrons. The van der Waals surface area contributed by atoms with E-state index in [2.05, 4.69) is 39.0 Å². The van der Waals surface area contributed by atoms with Gasteiger partial charge in [-0.3, -0.25) is 0 Å². The van der Waals surface area contributed by atoms with Crippen LogP contribution < -0.4 is 0 Å². The van der Waals surface area contributed by atoms with E-state index in [4.69, 9.17) is 5.10 Å². The zero-order valence-electron chi connectivity index (χ0n) is 14.6. The van der Waals surface area contributed by atoms with Crippen LogP contribution in [0.2, 0.25) is 0 Å². The fraction of sp³-hybridized carbons (Fsp3) is 0.286. The van der Waals surface area contributed by atoms with Crippen LogP contribution in [-0.4, -0.2) is 14.9 Å². The summed E-state index contributed by atoms with van der Waals surface area (Å²) in [7, 11) is 0. The third-order valence-electron chi connectivity index (χ3n) is 4.33. The summed E-state index contributed by atoms with van der Waals surface area (Å²) in [5.41, 5.74) is 5.85. The van der Waals surface area contributed by atoms with Gasteiger partial charge in [-0.05, 0) is 44.4 Å². The molecule has 24 heavy (non-hydrogen) atoms. The highest BCUT2D eigenvalue weighted by molar-refractivity contribution is 5.71. The fourth-order valence-corrected chi connectivity index (χ4v) is 2.99. The van der Waals surface area contributed by atoms with Crippen molar-refractivity contribution in [3.8, 4) is 22.7 Å². The Balaban J connectivity index is 2.22. The van der Waals surface area contributed by atoms with Crippen molar-refractivity contribution in [2.75, 3.05) is 0 Å². The summed E-state index contributed by atoms with van der Waals surface area (Å²) in [4.78, 5) is 0. The number of aryl methyl sites for hydroxylation is 3. The van der Waals surface area contributed by atoms with Crippen LogP contribution in [0.15, 0.2) is 48.5 Å². The molecule has 0 aliphatic heterocycles. The first kappa shape index (κ1) is 16.3. The first-order chi connectivity index (χ1) is 11.6. The average Bonchev–Trinajstić information content (AvgIpc) is 2.90. The SMILES string of the molecule is CCCCc1nn(-c2ccccc2C)c(-c2cccc(C)c2)c1O. The molecule has 1 aromatic heterocycles. The predicted octanol–water partition coefficient (Wildman–Crippen LogP) is 5.20. The van der Waals surface area contributed by atoms with Gasteiger partial charge in [-0.2, -0.15) is 5.10 Å². The van der Waals surface area contributed by atoms with E-state index in [-0.39, 0.29) is 0 Å². The third kappa shape index (κ3) is 3.07. The van der Waals surface area contributed by atoms with Crippen LogP contribution in [0.25, 0.3) is 16.9 Å². The average molecular weight is 320 g/mol. The van der Waals surface area contributed by atoms with E-state index in [0.717, 1.165) is 47.5 Å². The number of aromatic nitrogens is 2. The highest BCUT2D eigenvalue weighted by Gasteiger charge is 2.20. The van der Waals surface area contributed by atoms with Gasteiger partial charge in [0.05, 0.1) is 5.69 Å². The monoisotopic (exact) mass is 320 g/mol. The number of hydrogen-bond donors (Lipinski definition) is 1. The van der Waals surface area contributed by atoms with Crippen LogP contribution in [0, 0.1) is 13.8 Å². The number of aromatic hydroxyl groups is 1. The van der Waals surface area contributed by atoms with Gasteiger partial charge < -0.3 is 5.11 Å². The molecule has 3 nitrogen and oxygen atoms in total. The zero-order valence-corrected chi connectivity index (χ0v) is 14.6. The second-order valence-electron chi connectivity index (χ2n) is 6.32. The van der Waals surface area contributed by atoms with E-state index in [1.165, 1.54) is 5.56 Å². The second kappa shape index (κ2) is 6.91. The summed E-state index contributed by atoms with van der Waals surface area (Å²) in [6, 6.07) is 16.3. The molecule has 0 aliphatic carbocycles. The minimum absolute atomic E-state index is 0.303. The minimum Gasteiger partial charge on any atom is -0.504 e. The van der Waals surface area contributed by atoms with Gasteiger partial charge in [-0.15, -0.1) is 0 Å². The lowest BCUT2D eigenvalue weighted by Crippen LogP contribution is -2.02. The minimum atomic E-state index is 0.303. The molecule has 0 amide bonds. The standard InChI is InChI=1S/C21H24N2O/c1-4-5-12-18-21(24)20(17-11-8-9-15(2)14-17)23(22-18)19-13-7-6-10-16(19)3/h6-11,13-14,24H,4-5,12H2,1-3H3. The number of rotatable bonds is 5. The zero-order chi connectivity index (χ0) is 17.1. The van der Waals surface area contributed by atoms with Crippen molar-refractivity contribution < 1.29 is 5.11 Å². The van der Waals surface area contributed by atoms with Gasteiger partial charge >= 0.3 is 0 Å². The molecule has 0 aliphatic rings. The Morgan fingerprint density at radius 1 is 1.04 bits per heavy atom. The maximum atomic E-state index is 10.8. The number of para-hydroxylation sites is 1. The topological polar surface area (TPSA) is 38.0 Å². The van der Waals surface area contributed by atoms with Crippen LogP contribution in [-0.2, 0) is 6.42 Å². The molecule has 0 unspecified atom stereocenters. The van der Waals surface area contributed by atoms with Gasteiger partial charge in [0.2, 0.25) is 0 Å². The Labute approximate surface area is 143 Å². The smallest absolute Gasteiger partial charge is 0.165 e. The van der Waals surface area contributed by atoms with Crippen molar-refractivity contribution in [1.29, 1.82) is 0 Å². The van der Waals surface area contributed by atoms with Gasteiger partial charge in [-0.1, -0.05) is 55.3 Å². The number of nitrogens with zero attached hydrogens (tertiary/aromatic N) is 2. The van der Waals surface area contributed by atoms with Crippen LogP contribution in [0.3, 0.4) is 0 Å². The Hall–Kier alpha value is -2.55. The van der Waals surface area contributed by atoms with Gasteiger partial charge in [0.25, 0.3) is 0 Å². The molecule has 0 saturated carbocycles. The summed E-state index contributed by atoms with van der Waals surface area (Å²) < 4.78 is 1.89. The van der Waals surface area contributed by atoms with Crippen LogP contribution in [0.1, 0.15) is 36.6 Å². The van der Waals surface area contributed by atoms with E-state index in [1.54, 1.807) is 0 Å². The first-order valence-corrected chi connectivity index (χ1v) is 8.55. The largest absolute Gasteiger partial charge is 0.504 e. The molecular formula is C21H24N2O. The summed E-state index contributed by atoms with van der Waals surface area (Å²) in [6.45, 7) is 6.28. The molecule has 3 aromatic rings. The summed E-state index contributed by atoms with van der Waals surface area (Å²) in [5.74, 6) is 0.303. The number of unbranched alkanes of at least 4 members (excludes halogenated alkanes) is 1. The normalized spacial score (nSPS) is 11.0.